The van der Waals surface area contributed by atoms with Crippen molar-refractivity contribution in [1.29, 1.82) is 0 Å². The Morgan fingerprint density at radius 1 is 0.667 bits per heavy atom. The molecule has 192 valence electrons. The van der Waals surface area contributed by atoms with Crippen LogP contribution in [0.5, 0.6) is 0 Å². The van der Waals surface area contributed by atoms with Crippen LogP contribution < -0.4 is 61.0 Å². The Kier molecular flexibility index (Phi) is 12.1. The minimum atomic E-state index is -0.543. The number of pyridine rings is 2. The SMILES string of the molecule is CC1=C(C(=O)NNC(=O)C[n+]2ccccc2)CC(C(=O)NNC(=O)C[n+]2ccccc2)=C(C)N1.[Cl-].[Cl-]. The van der Waals surface area contributed by atoms with Crippen LogP contribution in [0.1, 0.15) is 20.3 Å². The average Bonchev–Trinajstić information content (AvgIpc) is 2.82. The molecule has 36 heavy (non-hydrogen) atoms. The van der Waals surface area contributed by atoms with Gasteiger partial charge < -0.3 is 30.1 Å². The molecule has 0 bridgehead atoms. The highest BCUT2D eigenvalue weighted by atomic mass is 35.5. The fourth-order valence-corrected chi connectivity index (χ4v) is 3.27. The van der Waals surface area contributed by atoms with E-state index in [1.807, 2.05) is 12.1 Å². The van der Waals surface area contributed by atoms with Gasteiger partial charge in [0.2, 0.25) is 13.1 Å². The van der Waals surface area contributed by atoms with Crippen molar-refractivity contribution >= 4 is 23.6 Å². The third kappa shape index (κ3) is 8.67. The number of aromatic nitrogens is 2. The van der Waals surface area contributed by atoms with Crippen LogP contribution in [0.2, 0.25) is 0 Å². The van der Waals surface area contributed by atoms with Gasteiger partial charge in [0, 0.05) is 53.2 Å². The predicted molar refractivity (Wildman–Crippen MR) is 119 cm³/mol. The number of amides is 4. The van der Waals surface area contributed by atoms with Crippen LogP contribution in [-0.4, -0.2) is 23.6 Å². The lowest BCUT2D eigenvalue weighted by Crippen LogP contribution is -3.00. The molecular formula is C23H27Cl2N7O4. The molecule has 0 fully saturated rings. The molecular weight excluding hydrogens is 509 g/mol. The van der Waals surface area contributed by atoms with E-state index in [1.54, 1.807) is 72.0 Å². The standard InChI is InChI=1S/C23H25N7O4.2ClH/c1-16-18(22(33)27-25-20(31)14-29-9-5-3-6-10-29)13-19(17(2)24-16)23(34)28-26-21(32)15-30-11-7-4-8-12-30;;/h3-12H,13-15H2,1-2H3,(H3-2,24,25,26,27,28,31,32,33,34);2*1H. The van der Waals surface area contributed by atoms with E-state index in [1.165, 1.54) is 0 Å². The van der Waals surface area contributed by atoms with E-state index >= 15 is 0 Å². The first-order chi connectivity index (χ1) is 16.3. The maximum atomic E-state index is 12.7. The number of nitrogens with one attached hydrogen (secondary N) is 5. The molecule has 0 aliphatic carbocycles. The molecule has 1 aliphatic heterocycles. The molecule has 0 unspecified atom stereocenters. The van der Waals surface area contributed by atoms with Gasteiger partial charge in [-0.2, -0.15) is 9.13 Å². The number of halogens is 2. The van der Waals surface area contributed by atoms with E-state index in [0.29, 0.717) is 11.4 Å². The summed E-state index contributed by atoms with van der Waals surface area (Å²) in [7, 11) is 0. The number of carbonyl (C=O) groups is 4. The van der Waals surface area contributed by atoms with Crippen molar-refractivity contribution in [1.82, 2.24) is 27.0 Å². The highest BCUT2D eigenvalue weighted by Crippen LogP contribution is 2.22. The van der Waals surface area contributed by atoms with Gasteiger partial charge in [0.1, 0.15) is 0 Å². The summed E-state index contributed by atoms with van der Waals surface area (Å²) in [5.41, 5.74) is 11.2. The predicted octanol–water partition coefficient (Wildman–Crippen LogP) is -7.19. The summed E-state index contributed by atoms with van der Waals surface area (Å²) in [4.78, 5) is 49.5. The number of carbonyl (C=O) groups excluding carboxylic acids is 4. The minimum absolute atomic E-state index is 0. The molecule has 0 radical (unpaired) electrons. The Balaban J connectivity index is 0.00000324. The van der Waals surface area contributed by atoms with Gasteiger partial charge >= 0.3 is 11.8 Å². The first-order valence-electron chi connectivity index (χ1n) is 10.6. The first kappa shape index (κ1) is 30.1. The van der Waals surface area contributed by atoms with Gasteiger partial charge in [0.25, 0.3) is 11.8 Å². The third-order valence-corrected chi connectivity index (χ3v) is 5.02. The summed E-state index contributed by atoms with van der Waals surface area (Å²) < 4.78 is 3.32. The highest BCUT2D eigenvalue weighted by Gasteiger charge is 2.26. The summed E-state index contributed by atoms with van der Waals surface area (Å²) in [5.74, 6) is -1.90. The molecule has 0 saturated heterocycles. The average molecular weight is 536 g/mol. The Morgan fingerprint density at radius 3 is 1.39 bits per heavy atom. The number of hydrogen-bond acceptors (Lipinski definition) is 5. The zero-order chi connectivity index (χ0) is 24.5. The van der Waals surface area contributed by atoms with E-state index in [-0.39, 0.29) is 55.5 Å². The monoisotopic (exact) mass is 535 g/mol. The maximum Gasteiger partial charge on any atom is 0.304 e. The number of allylic oxidation sites excluding steroid dienone is 2. The Bertz CT molecular complexity index is 1070. The Morgan fingerprint density at radius 2 is 1.03 bits per heavy atom. The van der Waals surface area contributed by atoms with E-state index in [2.05, 4.69) is 27.0 Å². The summed E-state index contributed by atoms with van der Waals surface area (Å²) in [5, 5.41) is 3.00. The number of rotatable bonds is 6. The number of dihydropyridines is 1. The van der Waals surface area contributed by atoms with Crippen molar-refractivity contribution in [2.24, 2.45) is 0 Å². The van der Waals surface area contributed by atoms with Crippen LogP contribution in [0.15, 0.2) is 83.7 Å². The summed E-state index contributed by atoms with van der Waals surface area (Å²) >= 11 is 0. The van der Waals surface area contributed by atoms with Gasteiger partial charge in [-0.25, -0.2) is 0 Å². The molecule has 0 aromatic carbocycles. The van der Waals surface area contributed by atoms with Crippen molar-refractivity contribution in [3.05, 3.63) is 83.7 Å². The molecule has 0 spiro atoms. The molecule has 3 rings (SSSR count). The molecule has 13 heteroatoms. The second kappa shape index (κ2) is 14.4. The quantitative estimate of drug-likeness (QED) is 0.185. The zero-order valence-corrected chi connectivity index (χ0v) is 21.2. The summed E-state index contributed by atoms with van der Waals surface area (Å²) in [6, 6.07) is 10.8. The van der Waals surface area contributed by atoms with Gasteiger partial charge in [0.05, 0.1) is 0 Å². The fraction of sp³-hybridized carbons (Fsp3) is 0.217. The van der Waals surface area contributed by atoms with E-state index in [4.69, 9.17) is 0 Å². The molecule has 11 nitrogen and oxygen atoms in total. The van der Waals surface area contributed by atoms with E-state index in [9.17, 15) is 19.2 Å². The molecule has 2 aromatic rings. The third-order valence-electron chi connectivity index (χ3n) is 5.02. The fourth-order valence-electron chi connectivity index (χ4n) is 3.27. The molecule has 4 amide bonds. The second-order valence-corrected chi connectivity index (χ2v) is 7.61. The molecule has 1 aliphatic rings. The molecule has 2 aromatic heterocycles. The first-order valence-corrected chi connectivity index (χ1v) is 10.6. The second-order valence-electron chi connectivity index (χ2n) is 7.61. The largest absolute Gasteiger partial charge is 1.00 e. The van der Waals surface area contributed by atoms with Crippen molar-refractivity contribution in [2.45, 2.75) is 33.4 Å². The van der Waals surface area contributed by atoms with Crippen LogP contribution >= 0.6 is 0 Å². The Hall–Kier alpha value is -3.96. The number of nitrogens with zero attached hydrogens (tertiary/aromatic N) is 2. The van der Waals surface area contributed by atoms with Gasteiger partial charge in [-0.15, -0.1) is 0 Å². The lowest BCUT2D eigenvalue weighted by molar-refractivity contribution is -0.684. The molecule has 3 heterocycles. The lowest BCUT2D eigenvalue weighted by Gasteiger charge is -2.23. The smallest absolute Gasteiger partial charge is 0.304 e. The Labute approximate surface area is 220 Å². The number of hydrazine groups is 2. The zero-order valence-electron chi connectivity index (χ0n) is 19.7. The van der Waals surface area contributed by atoms with Crippen molar-refractivity contribution in [3.8, 4) is 0 Å². The van der Waals surface area contributed by atoms with Crippen LogP contribution in [0.3, 0.4) is 0 Å². The lowest BCUT2D eigenvalue weighted by atomic mass is 9.97. The van der Waals surface area contributed by atoms with Crippen LogP contribution in [0, 0.1) is 0 Å². The summed E-state index contributed by atoms with van der Waals surface area (Å²) in [6.07, 6.45) is 6.95. The van der Waals surface area contributed by atoms with Crippen LogP contribution in [0.4, 0.5) is 0 Å². The normalized spacial score (nSPS) is 12.3. The van der Waals surface area contributed by atoms with Crippen molar-refractivity contribution in [2.75, 3.05) is 0 Å². The van der Waals surface area contributed by atoms with Crippen LogP contribution in [-0.2, 0) is 32.3 Å². The van der Waals surface area contributed by atoms with Gasteiger partial charge in [-0.05, 0) is 13.8 Å². The van der Waals surface area contributed by atoms with Crippen molar-refractivity contribution in [3.63, 3.8) is 0 Å². The molecule has 0 saturated carbocycles. The van der Waals surface area contributed by atoms with Crippen LogP contribution in [0.25, 0.3) is 0 Å². The topological polar surface area (TPSA) is 136 Å². The maximum absolute atomic E-state index is 12.7. The van der Waals surface area contributed by atoms with Gasteiger partial charge in [-0.1, -0.05) is 12.1 Å². The minimum Gasteiger partial charge on any atom is -1.00 e. The molecule has 0 atom stereocenters. The molecule has 5 N–H and O–H groups in total. The summed E-state index contributed by atoms with van der Waals surface area (Å²) in [6.45, 7) is 3.47. The highest BCUT2D eigenvalue weighted by molar-refractivity contribution is 6.01. The van der Waals surface area contributed by atoms with E-state index in [0.717, 1.165) is 0 Å². The van der Waals surface area contributed by atoms with Gasteiger partial charge in [-0.3, -0.25) is 40.9 Å². The van der Waals surface area contributed by atoms with E-state index < -0.39 is 23.6 Å². The number of hydrogen-bond donors (Lipinski definition) is 5. The van der Waals surface area contributed by atoms with Gasteiger partial charge in [0.15, 0.2) is 24.8 Å². The van der Waals surface area contributed by atoms with Crippen molar-refractivity contribution < 1.29 is 53.1 Å².